The fraction of sp³-hybridized carbons (Fsp3) is 0.133. The SMILES string of the molecule is Cn1c(=O)oc2cc3c(cc21)OCC31C(=O)N(Cc2ccccc2-c2ccccc2)c2ccccc21. The predicted octanol–water partition coefficient (Wildman–Crippen LogP) is 5.02. The highest BCUT2D eigenvalue weighted by Crippen LogP contribution is 2.53. The summed E-state index contributed by atoms with van der Waals surface area (Å²) in [6, 6.07) is 29.9. The van der Waals surface area contributed by atoms with Gasteiger partial charge in [-0.2, -0.15) is 0 Å². The molecule has 4 aromatic carbocycles. The number of oxazole rings is 1. The van der Waals surface area contributed by atoms with E-state index in [0.717, 1.165) is 33.5 Å². The van der Waals surface area contributed by atoms with Crippen LogP contribution >= 0.6 is 0 Å². The second kappa shape index (κ2) is 7.46. The Morgan fingerprint density at radius 3 is 2.47 bits per heavy atom. The van der Waals surface area contributed by atoms with Crippen LogP contribution in [-0.4, -0.2) is 17.1 Å². The lowest BCUT2D eigenvalue weighted by Crippen LogP contribution is -2.42. The van der Waals surface area contributed by atoms with E-state index in [9.17, 15) is 9.59 Å². The molecular formula is C30H22N2O4. The van der Waals surface area contributed by atoms with Crippen molar-refractivity contribution in [1.29, 1.82) is 0 Å². The van der Waals surface area contributed by atoms with Crippen LogP contribution in [0.5, 0.6) is 5.75 Å². The molecule has 3 heterocycles. The summed E-state index contributed by atoms with van der Waals surface area (Å²) in [5, 5.41) is 0. The van der Waals surface area contributed by atoms with Crippen molar-refractivity contribution in [2.75, 3.05) is 11.5 Å². The average molecular weight is 475 g/mol. The van der Waals surface area contributed by atoms with Gasteiger partial charge in [0.05, 0.1) is 12.1 Å². The second-order valence-corrected chi connectivity index (χ2v) is 9.37. The maximum Gasteiger partial charge on any atom is 0.419 e. The molecule has 0 saturated carbocycles. The molecule has 36 heavy (non-hydrogen) atoms. The summed E-state index contributed by atoms with van der Waals surface area (Å²) >= 11 is 0. The van der Waals surface area contributed by atoms with Gasteiger partial charge in [0.25, 0.3) is 0 Å². The number of benzene rings is 4. The molecule has 0 bridgehead atoms. The first-order valence-electron chi connectivity index (χ1n) is 11.9. The van der Waals surface area contributed by atoms with Crippen molar-refractivity contribution < 1.29 is 13.9 Å². The van der Waals surface area contributed by atoms with Gasteiger partial charge >= 0.3 is 5.76 Å². The monoisotopic (exact) mass is 474 g/mol. The zero-order chi connectivity index (χ0) is 24.4. The Hall–Kier alpha value is -4.58. The van der Waals surface area contributed by atoms with E-state index in [2.05, 4.69) is 24.3 Å². The Morgan fingerprint density at radius 2 is 1.61 bits per heavy atom. The van der Waals surface area contributed by atoms with Gasteiger partial charge in [0, 0.05) is 24.4 Å². The number of carbonyl (C=O) groups excluding carboxylic acids is 1. The van der Waals surface area contributed by atoms with Gasteiger partial charge in [-0.3, -0.25) is 9.36 Å². The molecule has 2 aliphatic rings. The molecule has 1 atom stereocenters. The van der Waals surface area contributed by atoms with Gasteiger partial charge in [-0.15, -0.1) is 0 Å². The third-order valence-electron chi connectivity index (χ3n) is 7.49. The summed E-state index contributed by atoms with van der Waals surface area (Å²) < 4.78 is 13.0. The molecule has 176 valence electrons. The largest absolute Gasteiger partial charge is 0.491 e. The Kier molecular flexibility index (Phi) is 4.30. The maximum absolute atomic E-state index is 14.4. The minimum atomic E-state index is -0.990. The molecule has 0 N–H and O–H groups in total. The van der Waals surface area contributed by atoms with Crippen LogP contribution in [0, 0.1) is 0 Å². The normalized spacial score (nSPS) is 18.0. The number of hydrogen-bond donors (Lipinski definition) is 0. The lowest BCUT2D eigenvalue weighted by molar-refractivity contribution is -0.122. The first-order valence-corrected chi connectivity index (χ1v) is 11.9. The molecule has 6 nitrogen and oxygen atoms in total. The minimum absolute atomic E-state index is 0.0389. The summed E-state index contributed by atoms with van der Waals surface area (Å²) in [6.07, 6.45) is 0. The number of ether oxygens (including phenoxy) is 1. The number of fused-ring (bicyclic) bond motifs is 5. The molecule has 1 unspecified atom stereocenters. The van der Waals surface area contributed by atoms with Crippen LogP contribution in [-0.2, 0) is 23.8 Å². The van der Waals surface area contributed by atoms with E-state index in [1.165, 1.54) is 4.57 Å². The van der Waals surface area contributed by atoms with Gasteiger partial charge in [-0.1, -0.05) is 72.8 Å². The van der Waals surface area contributed by atoms with Gasteiger partial charge in [-0.05, 0) is 34.4 Å². The number of aryl methyl sites for hydroxylation is 1. The van der Waals surface area contributed by atoms with E-state index in [1.807, 2.05) is 59.5 Å². The second-order valence-electron chi connectivity index (χ2n) is 9.37. The third kappa shape index (κ3) is 2.72. The Labute approximate surface area is 207 Å². The molecule has 7 rings (SSSR count). The highest BCUT2D eigenvalue weighted by molar-refractivity contribution is 6.12. The van der Waals surface area contributed by atoms with Crippen LogP contribution in [0.3, 0.4) is 0 Å². The lowest BCUT2D eigenvalue weighted by Gasteiger charge is -2.24. The third-order valence-corrected chi connectivity index (χ3v) is 7.49. The first kappa shape index (κ1) is 20.8. The Bertz CT molecular complexity index is 1730. The van der Waals surface area contributed by atoms with Crippen LogP contribution < -0.4 is 15.4 Å². The molecule has 0 radical (unpaired) electrons. The Balaban J connectivity index is 1.38. The van der Waals surface area contributed by atoms with Crippen LogP contribution in [0.2, 0.25) is 0 Å². The van der Waals surface area contributed by atoms with Gasteiger partial charge < -0.3 is 14.1 Å². The molecule has 2 aliphatic heterocycles. The standard InChI is InChI=1S/C30H22N2O4/c1-31-25-16-26-23(15-27(25)36-29(31)34)30(18-35-26)22-13-7-8-14-24(22)32(28(30)33)17-20-11-5-6-12-21(20)19-9-3-2-4-10-19/h2-16H,17-18H2,1H3. The first-order chi connectivity index (χ1) is 17.6. The fourth-order valence-electron chi connectivity index (χ4n) is 5.68. The van der Waals surface area contributed by atoms with Crippen molar-refractivity contribution in [2.45, 2.75) is 12.0 Å². The molecule has 0 fully saturated rings. The summed E-state index contributed by atoms with van der Waals surface area (Å²) in [6.45, 7) is 0.635. The number of amides is 1. The fourth-order valence-corrected chi connectivity index (χ4v) is 5.68. The van der Waals surface area contributed by atoms with Crippen molar-refractivity contribution in [3.05, 3.63) is 118 Å². The summed E-state index contributed by atoms with van der Waals surface area (Å²) in [7, 11) is 1.66. The van der Waals surface area contributed by atoms with E-state index in [-0.39, 0.29) is 12.5 Å². The van der Waals surface area contributed by atoms with E-state index in [1.54, 1.807) is 19.2 Å². The van der Waals surface area contributed by atoms with Crippen LogP contribution in [0.15, 0.2) is 100 Å². The number of anilines is 1. The molecule has 0 saturated heterocycles. The van der Waals surface area contributed by atoms with Gasteiger partial charge in [-0.25, -0.2) is 4.79 Å². The molecule has 1 amide bonds. The topological polar surface area (TPSA) is 64.7 Å². The summed E-state index contributed by atoms with van der Waals surface area (Å²) in [4.78, 5) is 28.3. The van der Waals surface area contributed by atoms with Crippen molar-refractivity contribution in [1.82, 2.24) is 4.57 Å². The summed E-state index contributed by atoms with van der Waals surface area (Å²) in [5.74, 6) is 0.122. The zero-order valence-corrected chi connectivity index (χ0v) is 19.6. The molecular weight excluding hydrogens is 452 g/mol. The number of aromatic nitrogens is 1. The van der Waals surface area contributed by atoms with Crippen LogP contribution in [0.25, 0.3) is 22.2 Å². The molecule has 6 heteroatoms. The highest BCUT2D eigenvalue weighted by atomic mass is 16.5. The van der Waals surface area contributed by atoms with Gasteiger partial charge in [0.1, 0.15) is 17.8 Å². The van der Waals surface area contributed by atoms with Crippen LogP contribution in [0.4, 0.5) is 5.69 Å². The van der Waals surface area contributed by atoms with E-state index in [0.29, 0.717) is 23.4 Å². The average Bonchev–Trinajstić information content (AvgIpc) is 3.51. The minimum Gasteiger partial charge on any atom is -0.491 e. The quantitative estimate of drug-likeness (QED) is 0.368. The van der Waals surface area contributed by atoms with Gasteiger partial charge in [0.15, 0.2) is 5.58 Å². The van der Waals surface area contributed by atoms with Crippen LogP contribution in [0.1, 0.15) is 16.7 Å². The number of rotatable bonds is 3. The van der Waals surface area contributed by atoms with Gasteiger partial charge in [0.2, 0.25) is 5.91 Å². The lowest BCUT2D eigenvalue weighted by atomic mass is 9.77. The van der Waals surface area contributed by atoms with Crippen molar-refractivity contribution >= 4 is 22.7 Å². The number of para-hydroxylation sites is 1. The predicted molar refractivity (Wildman–Crippen MR) is 137 cm³/mol. The van der Waals surface area contributed by atoms with Crippen molar-refractivity contribution in [3.8, 4) is 16.9 Å². The number of carbonyl (C=O) groups is 1. The molecule has 1 spiro atoms. The smallest absolute Gasteiger partial charge is 0.419 e. The molecule has 5 aromatic rings. The summed E-state index contributed by atoms with van der Waals surface area (Å²) in [5.41, 5.74) is 5.88. The molecule has 0 aliphatic carbocycles. The Morgan fingerprint density at radius 1 is 0.861 bits per heavy atom. The zero-order valence-electron chi connectivity index (χ0n) is 19.6. The highest BCUT2D eigenvalue weighted by Gasteiger charge is 2.57. The number of hydrogen-bond acceptors (Lipinski definition) is 4. The van der Waals surface area contributed by atoms with E-state index < -0.39 is 11.2 Å². The van der Waals surface area contributed by atoms with Crippen molar-refractivity contribution in [3.63, 3.8) is 0 Å². The molecule has 1 aromatic heterocycles. The maximum atomic E-state index is 14.4. The number of nitrogens with zero attached hydrogens (tertiary/aromatic N) is 2. The van der Waals surface area contributed by atoms with E-state index in [4.69, 9.17) is 9.15 Å². The van der Waals surface area contributed by atoms with Crippen molar-refractivity contribution in [2.24, 2.45) is 7.05 Å². The van der Waals surface area contributed by atoms with E-state index >= 15 is 0 Å².